The van der Waals surface area contributed by atoms with Gasteiger partial charge in [0.25, 0.3) is 0 Å². The van der Waals surface area contributed by atoms with E-state index in [9.17, 15) is 4.79 Å². The first-order valence-electron chi connectivity index (χ1n) is 6.79. The highest BCUT2D eigenvalue weighted by molar-refractivity contribution is 5.69. The van der Waals surface area contributed by atoms with Crippen LogP contribution in [-0.4, -0.2) is 32.8 Å². The number of ether oxygens (including phenoxy) is 3. The van der Waals surface area contributed by atoms with Gasteiger partial charge in [-0.05, 0) is 36.5 Å². The van der Waals surface area contributed by atoms with Gasteiger partial charge < -0.3 is 19.9 Å². The molecule has 0 aliphatic heterocycles. The van der Waals surface area contributed by atoms with E-state index in [1.807, 2.05) is 12.1 Å². The highest BCUT2D eigenvalue weighted by atomic mass is 16.5. The molecule has 20 heavy (non-hydrogen) atoms. The number of benzene rings is 1. The van der Waals surface area contributed by atoms with Crippen LogP contribution in [0.25, 0.3) is 0 Å². The largest absolute Gasteiger partial charge is 0.496 e. The Morgan fingerprint density at radius 1 is 1.35 bits per heavy atom. The van der Waals surface area contributed by atoms with Crippen molar-refractivity contribution < 1.29 is 19.0 Å². The second-order valence-electron chi connectivity index (χ2n) is 4.96. The van der Waals surface area contributed by atoms with Crippen LogP contribution in [0.5, 0.6) is 11.5 Å². The molecule has 0 radical (unpaired) electrons. The van der Waals surface area contributed by atoms with E-state index in [0.29, 0.717) is 19.4 Å². The van der Waals surface area contributed by atoms with E-state index in [4.69, 9.17) is 15.2 Å². The Balaban J connectivity index is 1.96. The molecule has 110 valence electrons. The molecule has 1 atom stereocenters. The Hall–Kier alpha value is -1.75. The van der Waals surface area contributed by atoms with Gasteiger partial charge in [0.2, 0.25) is 0 Å². The van der Waals surface area contributed by atoms with Gasteiger partial charge in [0.15, 0.2) is 0 Å². The third-order valence-corrected chi connectivity index (χ3v) is 3.46. The molecule has 5 heteroatoms. The number of hydrogen-bond acceptors (Lipinski definition) is 5. The van der Waals surface area contributed by atoms with Crippen LogP contribution in [-0.2, 0) is 22.4 Å². The molecular formula is C15H21NO4. The fraction of sp³-hybridized carbons (Fsp3) is 0.533. The highest BCUT2D eigenvalue weighted by Crippen LogP contribution is 2.34. The van der Waals surface area contributed by atoms with Gasteiger partial charge in [-0.1, -0.05) is 0 Å². The normalized spacial score (nSPS) is 16.6. The molecule has 1 aliphatic rings. The standard InChI is InChI=1S/C15H21NO4/c1-18-14-9-12(20-5-3-4-15(17)19-2)7-10-6-11(16)8-13(10)14/h7,9,11H,3-6,8,16H2,1-2H3. The van der Waals surface area contributed by atoms with Crippen molar-refractivity contribution in [3.63, 3.8) is 0 Å². The maximum Gasteiger partial charge on any atom is 0.305 e. The van der Waals surface area contributed by atoms with E-state index in [0.717, 1.165) is 24.3 Å². The molecule has 0 spiro atoms. The lowest BCUT2D eigenvalue weighted by molar-refractivity contribution is -0.140. The summed E-state index contributed by atoms with van der Waals surface area (Å²) in [7, 11) is 3.04. The summed E-state index contributed by atoms with van der Waals surface area (Å²) in [6.45, 7) is 0.475. The summed E-state index contributed by atoms with van der Waals surface area (Å²) in [5, 5.41) is 0. The maximum atomic E-state index is 11.0. The van der Waals surface area contributed by atoms with Gasteiger partial charge in [-0.15, -0.1) is 0 Å². The van der Waals surface area contributed by atoms with Crippen LogP contribution < -0.4 is 15.2 Å². The Kier molecular flexibility index (Phi) is 4.84. The quantitative estimate of drug-likeness (QED) is 0.630. The number of hydrogen-bond donors (Lipinski definition) is 1. The van der Waals surface area contributed by atoms with Crippen LogP contribution in [0, 0.1) is 0 Å². The van der Waals surface area contributed by atoms with Crippen molar-refractivity contribution >= 4 is 5.97 Å². The molecule has 5 nitrogen and oxygen atoms in total. The molecule has 2 N–H and O–H groups in total. The highest BCUT2D eigenvalue weighted by Gasteiger charge is 2.23. The maximum absolute atomic E-state index is 11.0. The second-order valence-corrected chi connectivity index (χ2v) is 4.96. The predicted octanol–water partition coefficient (Wildman–Crippen LogP) is 1.45. The first-order chi connectivity index (χ1) is 9.63. The lowest BCUT2D eigenvalue weighted by atomic mass is 10.1. The van der Waals surface area contributed by atoms with Crippen molar-refractivity contribution in [2.75, 3.05) is 20.8 Å². The van der Waals surface area contributed by atoms with E-state index in [-0.39, 0.29) is 12.0 Å². The number of carbonyl (C=O) groups excluding carboxylic acids is 1. The average molecular weight is 279 g/mol. The van der Waals surface area contributed by atoms with Gasteiger partial charge in [-0.25, -0.2) is 0 Å². The number of fused-ring (bicyclic) bond motifs is 1. The number of methoxy groups -OCH3 is 2. The number of esters is 1. The summed E-state index contributed by atoms with van der Waals surface area (Å²) in [5.74, 6) is 1.38. The topological polar surface area (TPSA) is 70.8 Å². The first kappa shape index (κ1) is 14.7. The third kappa shape index (κ3) is 3.42. The van der Waals surface area contributed by atoms with Crippen molar-refractivity contribution in [2.45, 2.75) is 31.7 Å². The molecule has 0 bridgehead atoms. The zero-order chi connectivity index (χ0) is 14.5. The number of nitrogens with two attached hydrogens (primary N) is 1. The predicted molar refractivity (Wildman–Crippen MR) is 75.1 cm³/mol. The van der Waals surface area contributed by atoms with Gasteiger partial charge >= 0.3 is 5.97 Å². The molecular weight excluding hydrogens is 258 g/mol. The molecule has 0 saturated heterocycles. The zero-order valence-electron chi connectivity index (χ0n) is 12.0. The molecule has 0 amide bonds. The average Bonchev–Trinajstić information content (AvgIpc) is 2.82. The smallest absolute Gasteiger partial charge is 0.305 e. The molecule has 1 aromatic rings. The van der Waals surface area contributed by atoms with E-state index >= 15 is 0 Å². The van der Waals surface area contributed by atoms with Crippen LogP contribution in [0.4, 0.5) is 0 Å². The number of carbonyl (C=O) groups is 1. The third-order valence-electron chi connectivity index (χ3n) is 3.46. The Morgan fingerprint density at radius 2 is 2.15 bits per heavy atom. The minimum Gasteiger partial charge on any atom is -0.496 e. The summed E-state index contributed by atoms with van der Waals surface area (Å²) in [6, 6.07) is 4.06. The van der Waals surface area contributed by atoms with E-state index in [2.05, 4.69) is 4.74 Å². The summed E-state index contributed by atoms with van der Waals surface area (Å²) < 4.78 is 15.7. The molecule has 1 unspecified atom stereocenters. The Morgan fingerprint density at radius 3 is 2.85 bits per heavy atom. The van der Waals surface area contributed by atoms with Crippen LogP contribution in [0.15, 0.2) is 12.1 Å². The minimum atomic E-state index is -0.217. The SMILES string of the molecule is COC(=O)CCCOc1cc2c(c(OC)c1)CC(N)C2. The summed E-state index contributed by atoms with van der Waals surface area (Å²) in [5.41, 5.74) is 8.36. The van der Waals surface area contributed by atoms with Gasteiger partial charge in [-0.2, -0.15) is 0 Å². The first-order valence-corrected chi connectivity index (χ1v) is 6.79. The van der Waals surface area contributed by atoms with Crippen molar-refractivity contribution in [3.05, 3.63) is 23.3 Å². The second kappa shape index (κ2) is 6.61. The fourth-order valence-electron chi connectivity index (χ4n) is 2.48. The lowest BCUT2D eigenvalue weighted by Crippen LogP contribution is -2.19. The van der Waals surface area contributed by atoms with Crippen LogP contribution >= 0.6 is 0 Å². The summed E-state index contributed by atoms with van der Waals surface area (Å²) in [4.78, 5) is 11.0. The molecule has 0 fully saturated rings. The molecule has 1 aromatic carbocycles. The summed E-state index contributed by atoms with van der Waals surface area (Å²) >= 11 is 0. The van der Waals surface area contributed by atoms with E-state index < -0.39 is 0 Å². The van der Waals surface area contributed by atoms with Crippen molar-refractivity contribution in [1.82, 2.24) is 0 Å². The molecule has 1 aliphatic carbocycles. The van der Waals surface area contributed by atoms with Crippen LogP contribution in [0.3, 0.4) is 0 Å². The van der Waals surface area contributed by atoms with Crippen molar-refractivity contribution in [1.29, 1.82) is 0 Å². The Labute approximate surface area is 119 Å². The zero-order valence-corrected chi connectivity index (χ0v) is 12.0. The minimum absolute atomic E-state index is 0.161. The van der Waals surface area contributed by atoms with Gasteiger partial charge in [0, 0.05) is 18.5 Å². The molecule has 0 heterocycles. The van der Waals surface area contributed by atoms with Gasteiger partial charge in [0.1, 0.15) is 11.5 Å². The van der Waals surface area contributed by atoms with E-state index in [1.165, 1.54) is 18.2 Å². The van der Waals surface area contributed by atoms with Crippen LogP contribution in [0.2, 0.25) is 0 Å². The fourth-order valence-corrected chi connectivity index (χ4v) is 2.48. The monoisotopic (exact) mass is 279 g/mol. The van der Waals surface area contributed by atoms with Gasteiger partial charge in [-0.3, -0.25) is 4.79 Å². The van der Waals surface area contributed by atoms with Gasteiger partial charge in [0.05, 0.1) is 20.8 Å². The molecule has 0 saturated carbocycles. The summed E-state index contributed by atoms with van der Waals surface area (Å²) in [6.07, 6.45) is 2.70. The van der Waals surface area contributed by atoms with Crippen molar-refractivity contribution in [2.24, 2.45) is 5.73 Å². The Bertz CT molecular complexity index is 487. The van der Waals surface area contributed by atoms with Crippen molar-refractivity contribution in [3.8, 4) is 11.5 Å². The number of rotatable bonds is 6. The lowest BCUT2D eigenvalue weighted by Gasteiger charge is -2.11. The van der Waals surface area contributed by atoms with E-state index in [1.54, 1.807) is 7.11 Å². The van der Waals surface area contributed by atoms with Crippen LogP contribution in [0.1, 0.15) is 24.0 Å². The molecule has 0 aromatic heterocycles. The molecule has 2 rings (SSSR count).